The van der Waals surface area contributed by atoms with Crippen molar-refractivity contribution in [2.24, 2.45) is 4.99 Å². The fourth-order valence-electron chi connectivity index (χ4n) is 4.58. The summed E-state index contributed by atoms with van der Waals surface area (Å²) in [5.41, 5.74) is 5.17. The van der Waals surface area contributed by atoms with Gasteiger partial charge in [-0.1, -0.05) is 47.7 Å². The Labute approximate surface area is 226 Å². The summed E-state index contributed by atoms with van der Waals surface area (Å²) in [5.74, 6) is 1.30. The van der Waals surface area contributed by atoms with Crippen molar-refractivity contribution < 1.29 is 14.8 Å². The van der Waals surface area contributed by atoms with Crippen LogP contribution in [0.1, 0.15) is 47.7 Å². The van der Waals surface area contributed by atoms with Crippen molar-refractivity contribution in [3.05, 3.63) is 95.1 Å². The number of benzene rings is 3. The molecular formula is C28H28BN5O3S. The molecule has 3 aromatic carbocycles. The molecule has 0 bridgehead atoms. The third-order valence-corrected chi connectivity index (χ3v) is 7.35. The van der Waals surface area contributed by atoms with E-state index in [9.17, 15) is 14.8 Å². The first-order chi connectivity index (χ1) is 18.3. The standard InChI is InChI=1S/C28H28BN5O3S/c1-4-30-26(35)16-24-28-33-32-18(3)34(28)25-13-8-17(2)14-23(25)27(31-24)19-9-11-21(12-10-19)38-22-7-5-6-20(15-22)29(36)37/h5-15,24,36-37H,4,16H2,1-3H3,(H,30,35)/t24-/m0/s1. The molecule has 3 N–H and O–H groups in total. The molecule has 0 unspecified atom stereocenters. The third kappa shape index (κ3) is 5.29. The van der Waals surface area contributed by atoms with E-state index in [1.165, 1.54) is 11.8 Å². The van der Waals surface area contributed by atoms with Gasteiger partial charge in [0, 0.05) is 27.5 Å². The van der Waals surface area contributed by atoms with Crippen molar-refractivity contribution in [2.75, 3.05) is 6.54 Å². The molecule has 1 atom stereocenters. The third-order valence-electron chi connectivity index (χ3n) is 6.35. The molecule has 0 saturated heterocycles. The van der Waals surface area contributed by atoms with Crippen molar-refractivity contribution in [3.63, 3.8) is 0 Å². The van der Waals surface area contributed by atoms with Crippen molar-refractivity contribution in [2.45, 2.75) is 43.0 Å². The van der Waals surface area contributed by atoms with Gasteiger partial charge in [0.1, 0.15) is 11.9 Å². The zero-order valence-electron chi connectivity index (χ0n) is 21.4. The smallest absolute Gasteiger partial charge is 0.423 e. The summed E-state index contributed by atoms with van der Waals surface area (Å²) >= 11 is 1.54. The van der Waals surface area contributed by atoms with Crippen LogP contribution in [0.3, 0.4) is 0 Å². The Bertz CT molecular complexity index is 1520. The molecule has 1 amide bonds. The number of hydrogen-bond acceptors (Lipinski definition) is 7. The molecule has 1 aliphatic heterocycles. The summed E-state index contributed by atoms with van der Waals surface area (Å²) < 4.78 is 2.00. The maximum atomic E-state index is 12.6. The van der Waals surface area contributed by atoms with Crippen LogP contribution in [0, 0.1) is 13.8 Å². The predicted octanol–water partition coefficient (Wildman–Crippen LogP) is 3.13. The first kappa shape index (κ1) is 25.9. The number of aryl methyl sites for hydroxylation is 2. The van der Waals surface area contributed by atoms with Crippen LogP contribution in [-0.2, 0) is 4.79 Å². The minimum absolute atomic E-state index is 0.0862. The zero-order valence-corrected chi connectivity index (χ0v) is 22.2. The van der Waals surface area contributed by atoms with Gasteiger partial charge in [-0.2, -0.15) is 0 Å². The van der Waals surface area contributed by atoms with Gasteiger partial charge >= 0.3 is 7.12 Å². The average Bonchev–Trinajstić information content (AvgIpc) is 3.22. The van der Waals surface area contributed by atoms with Crippen molar-refractivity contribution in [1.29, 1.82) is 0 Å². The summed E-state index contributed by atoms with van der Waals surface area (Å²) in [5, 5.41) is 30.6. The number of fused-ring (bicyclic) bond motifs is 3. The second-order valence-corrected chi connectivity index (χ2v) is 10.3. The van der Waals surface area contributed by atoms with Gasteiger partial charge in [0.15, 0.2) is 5.82 Å². The van der Waals surface area contributed by atoms with Crippen molar-refractivity contribution in [3.8, 4) is 5.69 Å². The van der Waals surface area contributed by atoms with Crippen LogP contribution in [0.15, 0.2) is 81.5 Å². The van der Waals surface area contributed by atoms with Crippen LogP contribution in [0.4, 0.5) is 0 Å². The Morgan fingerprint density at radius 1 is 1.03 bits per heavy atom. The fourth-order valence-corrected chi connectivity index (χ4v) is 5.46. The molecule has 8 nitrogen and oxygen atoms in total. The Balaban J connectivity index is 1.55. The molecule has 0 spiro atoms. The largest absolute Gasteiger partial charge is 0.488 e. The minimum atomic E-state index is -1.50. The molecule has 0 fully saturated rings. The van der Waals surface area contributed by atoms with Crippen LogP contribution >= 0.6 is 11.8 Å². The number of amides is 1. The lowest BCUT2D eigenvalue weighted by atomic mass is 9.80. The Morgan fingerprint density at radius 3 is 2.55 bits per heavy atom. The zero-order chi connectivity index (χ0) is 26.8. The van der Waals surface area contributed by atoms with Gasteiger partial charge in [-0.05, 0) is 62.6 Å². The van der Waals surface area contributed by atoms with Gasteiger partial charge in [-0.15, -0.1) is 10.2 Å². The van der Waals surface area contributed by atoms with Gasteiger partial charge in [0.05, 0.1) is 17.8 Å². The van der Waals surface area contributed by atoms with E-state index in [2.05, 4.69) is 33.7 Å². The average molecular weight is 525 g/mol. The number of nitrogens with zero attached hydrogens (tertiary/aromatic N) is 4. The number of aliphatic imine (C=N–C) groups is 1. The quantitative estimate of drug-likeness (QED) is 0.320. The van der Waals surface area contributed by atoms with E-state index in [4.69, 9.17) is 4.99 Å². The highest BCUT2D eigenvalue weighted by Gasteiger charge is 2.29. The van der Waals surface area contributed by atoms with E-state index in [1.807, 2.05) is 55.7 Å². The number of carbonyl (C=O) groups excluding carboxylic acids is 1. The molecule has 192 valence electrons. The number of aromatic nitrogens is 3. The van der Waals surface area contributed by atoms with E-state index < -0.39 is 13.2 Å². The Kier molecular flexibility index (Phi) is 7.46. The first-order valence-corrected chi connectivity index (χ1v) is 13.3. The molecule has 1 aromatic heterocycles. The lowest BCUT2D eigenvalue weighted by molar-refractivity contribution is -0.121. The molecule has 10 heteroatoms. The molecule has 4 aromatic rings. The van der Waals surface area contributed by atoms with Gasteiger partial charge in [-0.25, -0.2) is 0 Å². The molecular weight excluding hydrogens is 497 g/mol. The minimum Gasteiger partial charge on any atom is -0.423 e. The fraction of sp³-hybridized carbons (Fsp3) is 0.214. The SMILES string of the molecule is CCNC(=O)C[C@@H]1N=C(c2ccc(Sc3cccc(B(O)O)c3)cc2)c2cc(C)ccc2-n2c(C)nnc21. The van der Waals surface area contributed by atoms with Crippen molar-refractivity contribution in [1.82, 2.24) is 20.1 Å². The number of hydrogen-bond donors (Lipinski definition) is 3. The summed E-state index contributed by atoms with van der Waals surface area (Å²) in [6.07, 6.45) is 0.170. The van der Waals surface area contributed by atoms with E-state index in [0.29, 0.717) is 17.8 Å². The summed E-state index contributed by atoms with van der Waals surface area (Å²) in [7, 11) is -1.50. The van der Waals surface area contributed by atoms with Crippen LogP contribution in [0.2, 0.25) is 0 Å². The summed E-state index contributed by atoms with van der Waals surface area (Å²) in [6, 6.07) is 21.0. The highest BCUT2D eigenvalue weighted by atomic mass is 32.2. The molecule has 0 radical (unpaired) electrons. The van der Waals surface area contributed by atoms with E-state index in [-0.39, 0.29) is 12.3 Å². The van der Waals surface area contributed by atoms with Gasteiger partial charge < -0.3 is 15.4 Å². The molecule has 38 heavy (non-hydrogen) atoms. The van der Waals surface area contributed by atoms with Gasteiger partial charge in [0.2, 0.25) is 5.91 Å². The topological polar surface area (TPSA) is 113 Å². The number of rotatable bonds is 7. The maximum Gasteiger partial charge on any atom is 0.488 e. The highest BCUT2D eigenvalue weighted by molar-refractivity contribution is 7.99. The highest BCUT2D eigenvalue weighted by Crippen LogP contribution is 2.34. The summed E-state index contributed by atoms with van der Waals surface area (Å²) in [6.45, 7) is 6.40. The molecule has 1 aliphatic rings. The molecule has 0 aliphatic carbocycles. The molecule has 2 heterocycles. The van der Waals surface area contributed by atoms with E-state index in [1.54, 1.807) is 18.2 Å². The first-order valence-electron chi connectivity index (χ1n) is 12.5. The van der Waals surface area contributed by atoms with Crippen molar-refractivity contribution >= 4 is 36.0 Å². The molecule has 0 saturated carbocycles. The van der Waals surface area contributed by atoms with Crippen LogP contribution < -0.4 is 10.8 Å². The lowest BCUT2D eigenvalue weighted by Gasteiger charge is -2.14. The van der Waals surface area contributed by atoms with Crippen LogP contribution in [-0.4, -0.2) is 50.1 Å². The maximum absolute atomic E-state index is 12.6. The number of nitrogens with one attached hydrogen (secondary N) is 1. The monoisotopic (exact) mass is 525 g/mol. The Hall–Kier alpha value is -3.73. The second kappa shape index (κ2) is 10.9. The Morgan fingerprint density at radius 2 is 1.82 bits per heavy atom. The second-order valence-electron chi connectivity index (χ2n) is 9.19. The number of carbonyl (C=O) groups is 1. The molecule has 5 rings (SSSR count). The predicted molar refractivity (Wildman–Crippen MR) is 149 cm³/mol. The van der Waals surface area contributed by atoms with Gasteiger partial charge in [0.25, 0.3) is 0 Å². The van der Waals surface area contributed by atoms with Crippen LogP contribution in [0.5, 0.6) is 0 Å². The van der Waals surface area contributed by atoms with E-state index in [0.717, 1.165) is 43.7 Å². The van der Waals surface area contributed by atoms with E-state index >= 15 is 0 Å². The van der Waals surface area contributed by atoms with Gasteiger partial charge in [-0.3, -0.25) is 14.4 Å². The normalized spacial score (nSPS) is 14.2. The van der Waals surface area contributed by atoms with Crippen LogP contribution in [0.25, 0.3) is 5.69 Å². The lowest BCUT2D eigenvalue weighted by Crippen LogP contribution is -2.29. The summed E-state index contributed by atoms with van der Waals surface area (Å²) in [4.78, 5) is 19.7.